The Morgan fingerprint density at radius 2 is 2.08 bits per heavy atom. The Balaban J connectivity index is 1.77. The molecule has 3 rings (SSSR count). The van der Waals surface area contributed by atoms with Crippen LogP contribution in [-0.2, 0) is 0 Å². The number of rotatable bonds is 4. The van der Waals surface area contributed by atoms with Crippen molar-refractivity contribution < 1.29 is 19.2 Å². The molecule has 0 aliphatic heterocycles. The van der Waals surface area contributed by atoms with Crippen molar-refractivity contribution in [3.8, 4) is 5.75 Å². The lowest BCUT2D eigenvalue weighted by atomic mass is 10.2. The zero-order valence-electron chi connectivity index (χ0n) is 12.5. The highest BCUT2D eigenvalue weighted by Gasteiger charge is 2.14. The van der Waals surface area contributed by atoms with E-state index in [1.54, 1.807) is 0 Å². The van der Waals surface area contributed by atoms with Crippen LogP contribution in [0.1, 0.15) is 16.1 Å². The third-order valence-corrected chi connectivity index (χ3v) is 3.53. The number of halogens is 1. The highest BCUT2D eigenvalue weighted by molar-refractivity contribution is 6.30. The molecule has 0 fully saturated rings. The molecule has 1 aromatic heterocycles. The van der Waals surface area contributed by atoms with Gasteiger partial charge in [-0.25, -0.2) is 5.43 Å². The number of nitro groups is 1. The summed E-state index contributed by atoms with van der Waals surface area (Å²) in [5.41, 5.74) is 2.81. The lowest BCUT2D eigenvalue weighted by molar-refractivity contribution is -0.384. The van der Waals surface area contributed by atoms with Gasteiger partial charge in [-0.3, -0.25) is 14.9 Å². The van der Waals surface area contributed by atoms with Crippen LogP contribution in [0.4, 0.5) is 5.69 Å². The Hall–Kier alpha value is -3.39. The van der Waals surface area contributed by atoms with Gasteiger partial charge in [-0.05, 0) is 30.3 Å². The number of hydrogen-bond donors (Lipinski definition) is 2. The summed E-state index contributed by atoms with van der Waals surface area (Å²) in [7, 11) is 0. The first-order chi connectivity index (χ1) is 11.9. The molecule has 0 aliphatic carbocycles. The number of nitro benzene ring substituents is 1. The van der Waals surface area contributed by atoms with Gasteiger partial charge in [0.1, 0.15) is 11.3 Å². The molecule has 1 amide bonds. The Kier molecular flexibility index (Phi) is 4.36. The Labute approximate surface area is 145 Å². The number of hydrazone groups is 1. The predicted molar refractivity (Wildman–Crippen MR) is 91.0 cm³/mol. The van der Waals surface area contributed by atoms with Crippen LogP contribution in [0.5, 0.6) is 5.75 Å². The van der Waals surface area contributed by atoms with Crippen molar-refractivity contribution in [3.63, 3.8) is 0 Å². The summed E-state index contributed by atoms with van der Waals surface area (Å²) in [6, 6.07) is 9.78. The number of furan rings is 1. The quantitative estimate of drug-likeness (QED) is 0.420. The molecule has 3 aromatic rings. The highest BCUT2D eigenvalue weighted by atomic mass is 35.5. The normalized spacial score (nSPS) is 11.1. The van der Waals surface area contributed by atoms with Crippen LogP contribution < -0.4 is 5.43 Å². The molecule has 2 aromatic carbocycles. The number of phenolic OH excluding ortho intramolecular Hbond substituents is 1. The largest absolute Gasteiger partial charge is 0.507 e. The first-order valence-corrected chi connectivity index (χ1v) is 7.32. The van der Waals surface area contributed by atoms with Crippen molar-refractivity contribution in [2.45, 2.75) is 0 Å². The maximum atomic E-state index is 12.0. The van der Waals surface area contributed by atoms with E-state index in [1.807, 2.05) is 0 Å². The summed E-state index contributed by atoms with van der Waals surface area (Å²) < 4.78 is 5.33. The molecule has 2 N–H and O–H groups in total. The number of carbonyl (C=O) groups is 1. The molecular formula is C16H10ClN3O5. The van der Waals surface area contributed by atoms with Gasteiger partial charge in [0.05, 0.1) is 11.1 Å². The van der Waals surface area contributed by atoms with Crippen LogP contribution in [-0.4, -0.2) is 22.2 Å². The van der Waals surface area contributed by atoms with E-state index in [4.69, 9.17) is 16.0 Å². The molecule has 0 radical (unpaired) electrons. The van der Waals surface area contributed by atoms with Crippen molar-refractivity contribution >= 4 is 40.4 Å². The van der Waals surface area contributed by atoms with E-state index in [0.717, 1.165) is 0 Å². The molecule has 0 bridgehead atoms. The number of benzene rings is 2. The van der Waals surface area contributed by atoms with Crippen LogP contribution in [0.25, 0.3) is 11.0 Å². The van der Waals surface area contributed by atoms with Gasteiger partial charge in [0.25, 0.3) is 5.69 Å². The van der Waals surface area contributed by atoms with E-state index in [1.165, 1.54) is 48.7 Å². The number of hydrogen-bond acceptors (Lipinski definition) is 6. The second-order valence-electron chi connectivity index (χ2n) is 4.99. The van der Waals surface area contributed by atoms with Gasteiger partial charge in [0, 0.05) is 28.1 Å². The number of nitrogens with zero attached hydrogens (tertiary/aromatic N) is 2. The fourth-order valence-corrected chi connectivity index (χ4v) is 2.28. The zero-order chi connectivity index (χ0) is 18.0. The first kappa shape index (κ1) is 16.5. The van der Waals surface area contributed by atoms with Gasteiger partial charge in [-0.15, -0.1) is 0 Å². The Morgan fingerprint density at radius 3 is 2.84 bits per heavy atom. The number of fused-ring (bicyclic) bond motifs is 1. The third-order valence-electron chi connectivity index (χ3n) is 3.29. The lowest BCUT2D eigenvalue weighted by Gasteiger charge is -1.99. The van der Waals surface area contributed by atoms with Gasteiger partial charge in [-0.1, -0.05) is 11.6 Å². The van der Waals surface area contributed by atoms with E-state index in [0.29, 0.717) is 21.6 Å². The number of amides is 1. The third kappa shape index (κ3) is 3.59. The molecule has 0 atom stereocenters. The van der Waals surface area contributed by atoms with Crippen molar-refractivity contribution in [2.75, 3.05) is 0 Å². The van der Waals surface area contributed by atoms with Crippen molar-refractivity contribution in [2.24, 2.45) is 5.10 Å². The van der Waals surface area contributed by atoms with Crippen LogP contribution in [0.2, 0.25) is 5.02 Å². The van der Waals surface area contributed by atoms with Gasteiger partial charge in [0.15, 0.2) is 5.76 Å². The lowest BCUT2D eigenvalue weighted by Crippen LogP contribution is -2.16. The van der Waals surface area contributed by atoms with E-state index >= 15 is 0 Å². The number of carbonyl (C=O) groups excluding carboxylic acids is 1. The molecule has 8 nitrogen and oxygen atoms in total. The topological polar surface area (TPSA) is 118 Å². The van der Waals surface area contributed by atoms with Crippen molar-refractivity contribution in [1.29, 1.82) is 0 Å². The van der Waals surface area contributed by atoms with E-state index < -0.39 is 10.8 Å². The van der Waals surface area contributed by atoms with Crippen LogP contribution >= 0.6 is 11.6 Å². The molecule has 0 spiro atoms. The van der Waals surface area contributed by atoms with Crippen molar-refractivity contribution in [1.82, 2.24) is 5.43 Å². The monoisotopic (exact) mass is 359 g/mol. The summed E-state index contributed by atoms with van der Waals surface area (Å²) in [6.45, 7) is 0. The number of phenols is 1. The second-order valence-corrected chi connectivity index (χ2v) is 5.43. The minimum absolute atomic E-state index is 0.0431. The summed E-state index contributed by atoms with van der Waals surface area (Å²) in [6.07, 6.45) is 1.23. The van der Waals surface area contributed by atoms with Crippen LogP contribution in [0, 0.1) is 10.1 Å². The predicted octanol–water partition coefficient (Wildman–Crippen LogP) is 3.46. The molecular weight excluding hydrogens is 350 g/mol. The Bertz CT molecular complexity index is 1010. The molecule has 0 aliphatic rings. The summed E-state index contributed by atoms with van der Waals surface area (Å²) in [5.74, 6) is -0.738. The number of non-ortho nitro benzene ring substituents is 1. The maximum absolute atomic E-state index is 12.0. The average Bonchev–Trinajstić information content (AvgIpc) is 3.01. The van der Waals surface area contributed by atoms with Gasteiger partial charge in [0.2, 0.25) is 0 Å². The zero-order valence-corrected chi connectivity index (χ0v) is 13.2. The SMILES string of the molecule is O=C(N/N=C\c1cc(Cl)ccc1O)c1cc2cc([N+](=O)[O-])ccc2o1. The molecule has 25 heavy (non-hydrogen) atoms. The average molecular weight is 360 g/mol. The standard InChI is InChI=1S/C16H10ClN3O5/c17-11-1-3-13(21)10(5-11)8-18-19-16(22)15-7-9-6-12(20(23)24)2-4-14(9)25-15/h1-8,21H,(H,19,22)/b18-8-. The van der Waals surface area contributed by atoms with Gasteiger partial charge >= 0.3 is 5.91 Å². The number of aromatic hydroxyl groups is 1. The molecule has 126 valence electrons. The smallest absolute Gasteiger partial charge is 0.307 e. The summed E-state index contributed by atoms with van der Waals surface area (Å²) in [4.78, 5) is 22.3. The summed E-state index contributed by atoms with van der Waals surface area (Å²) in [5, 5.41) is 25.0. The van der Waals surface area contributed by atoms with E-state index in [-0.39, 0.29) is 17.2 Å². The maximum Gasteiger partial charge on any atom is 0.307 e. The fraction of sp³-hybridized carbons (Fsp3) is 0. The van der Waals surface area contributed by atoms with Gasteiger partial charge < -0.3 is 9.52 Å². The van der Waals surface area contributed by atoms with Crippen LogP contribution in [0.3, 0.4) is 0 Å². The molecule has 0 saturated heterocycles. The Morgan fingerprint density at radius 1 is 1.28 bits per heavy atom. The molecule has 1 heterocycles. The van der Waals surface area contributed by atoms with Crippen molar-refractivity contribution in [3.05, 3.63) is 68.9 Å². The van der Waals surface area contributed by atoms with Gasteiger partial charge in [-0.2, -0.15) is 5.10 Å². The molecule has 0 unspecified atom stereocenters. The van der Waals surface area contributed by atoms with E-state index in [9.17, 15) is 20.0 Å². The minimum Gasteiger partial charge on any atom is -0.507 e. The van der Waals surface area contributed by atoms with E-state index in [2.05, 4.69) is 10.5 Å². The number of nitrogens with one attached hydrogen (secondary N) is 1. The highest BCUT2D eigenvalue weighted by Crippen LogP contribution is 2.24. The fourth-order valence-electron chi connectivity index (χ4n) is 2.10. The van der Waals surface area contributed by atoms with Crippen LogP contribution in [0.15, 0.2) is 52.0 Å². The molecule has 9 heteroatoms. The second kappa shape index (κ2) is 6.62. The molecule has 0 saturated carbocycles. The minimum atomic E-state index is -0.642. The summed E-state index contributed by atoms with van der Waals surface area (Å²) >= 11 is 5.81. The first-order valence-electron chi connectivity index (χ1n) is 6.94.